The van der Waals surface area contributed by atoms with Gasteiger partial charge in [-0.05, 0) is 56.2 Å². The van der Waals surface area contributed by atoms with E-state index in [1.807, 2.05) is 6.92 Å². The van der Waals surface area contributed by atoms with Gasteiger partial charge in [-0.2, -0.15) is 13.2 Å². The molecule has 3 unspecified atom stereocenters. The maximum absolute atomic E-state index is 13.7. The van der Waals surface area contributed by atoms with E-state index in [4.69, 9.17) is 18.6 Å². The number of rotatable bonds is 6. The lowest BCUT2D eigenvalue weighted by Crippen LogP contribution is -2.28. The number of esters is 1. The number of alkyl halides is 3. The van der Waals surface area contributed by atoms with Gasteiger partial charge in [-0.3, -0.25) is 0 Å². The Morgan fingerprint density at radius 2 is 1.72 bits per heavy atom. The van der Waals surface area contributed by atoms with Crippen molar-refractivity contribution in [2.75, 3.05) is 7.11 Å². The average molecular weight is 502 g/mol. The predicted molar refractivity (Wildman–Crippen MR) is 127 cm³/mol. The van der Waals surface area contributed by atoms with Crippen LogP contribution in [0.25, 0.3) is 22.1 Å². The summed E-state index contributed by atoms with van der Waals surface area (Å²) >= 11 is 0. The lowest BCUT2D eigenvalue weighted by Gasteiger charge is -2.22. The zero-order valence-corrected chi connectivity index (χ0v) is 20.0. The van der Waals surface area contributed by atoms with Gasteiger partial charge >= 0.3 is 17.8 Å². The Labute approximate surface area is 205 Å². The van der Waals surface area contributed by atoms with Crippen LogP contribution in [0.2, 0.25) is 0 Å². The molecule has 9 heteroatoms. The van der Waals surface area contributed by atoms with Crippen molar-refractivity contribution in [1.82, 2.24) is 0 Å². The monoisotopic (exact) mass is 502 g/mol. The van der Waals surface area contributed by atoms with E-state index in [2.05, 4.69) is 6.58 Å². The van der Waals surface area contributed by atoms with Gasteiger partial charge in [0.2, 0.25) is 0 Å². The molecule has 1 saturated carbocycles. The average Bonchev–Trinajstić information content (AvgIpc) is 3.16. The van der Waals surface area contributed by atoms with Crippen LogP contribution in [0, 0.1) is 5.92 Å². The maximum Gasteiger partial charge on any atom is 0.417 e. The van der Waals surface area contributed by atoms with E-state index in [9.17, 15) is 22.8 Å². The van der Waals surface area contributed by atoms with Crippen molar-refractivity contribution in [1.29, 1.82) is 0 Å². The van der Waals surface area contributed by atoms with Crippen LogP contribution in [0.5, 0.6) is 11.5 Å². The molecule has 0 spiro atoms. The first kappa shape index (κ1) is 25.3. The third-order valence-corrected chi connectivity index (χ3v) is 6.33. The molecule has 0 bridgehead atoms. The Morgan fingerprint density at radius 3 is 2.39 bits per heavy atom. The molecule has 0 amide bonds. The first-order valence-electron chi connectivity index (χ1n) is 11.3. The lowest BCUT2D eigenvalue weighted by atomic mass is 9.99. The van der Waals surface area contributed by atoms with E-state index in [1.165, 1.54) is 31.4 Å². The normalized spacial score (nSPS) is 19.8. The number of hydrogen-bond acceptors (Lipinski definition) is 6. The molecule has 2 aromatic carbocycles. The molecule has 0 aliphatic heterocycles. The second kappa shape index (κ2) is 9.72. The minimum Gasteiger partial charge on any atom is -0.497 e. The van der Waals surface area contributed by atoms with Gasteiger partial charge in [0.1, 0.15) is 29.3 Å². The van der Waals surface area contributed by atoms with Gasteiger partial charge in [0, 0.05) is 28.5 Å². The van der Waals surface area contributed by atoms with Gasteiger partial charge in [-0.25, -0.2) is 9.59 Å². The molecular weight excluding hydrogens is 477 g/mol. The highest BCUT2D eigenvalue weighted by Gasteiger charge is 2.37. The van der Waals surface area contributed by atoms with E-state index in [0.717, 1.165) is 6.07 Å². The molecule has 1 fully saturated rings. The molecule has 4 rings (SSSR count). The van der Waals surface area contributed by atoms with Crippen LogP contribution in [-0.4, -0.2) is 25.3 Å². The van der Waals surface area contributed by atoms with E-state index in [0.29, 0.717) is 29.6 Å². The van der Waals surface area contributed by atoms with E-state index < -0.39 is 23.3 Å². The fourth-order valence-electron chi connectivity index (χ4n) is 4.31. The standard InChI is InChI=1S/C27H25F3O6/c1-14(2)25(31)35-23-10-9-22(15(23)3)34-18-6-5-16-11-20(26(32)36-24(16)13-18)19-8-7-17(33-4)12-21(19)27(28,29)30/h5-8,11-13,15,22-23H,1,9-10H2,2-4H3. The smallest absolute Gasteiger partial charge is 0.417 e. The summed E-state index contributed by atoms with van der Waals surface area (Å²) in [5.41, 5.74) is -1.90. The highest BCUT2D eigenvalue weighted by atomic mass is 19.4. The molecule has 1 heterocycles. The van der Waals surface area contributed by atoms with Gasteiger partial charge in [0.25, 0.3) is 0 Å². The second-order valence-electron chi connectivity index (χ2n) is 8.87. The van der Waals surface area contributed by atoms with Crippen LogP contribution in [0.3, 0.4) is 0 Å². The summed E-state index contributed by atoms with van der Waals surface area (Å²) in [5.74, 6) is -0.0612. The molecule has 3 atom stereocenters. The molecule has 1 aromatic heterocycles. The van der Waals surface area contributed by atoms with Crippen molar-refractivity contribution in [3.8, 4) is 22.6 Å². The zero-order chi connectivity index (χ0) is 26.2. The molecule has 1 aliphatic rings. The largest absolute Gasteiger partial charge is 0.497 e. The van der Waals surface area contributed by atoms with Crippen molar-refractivity contribution in [3.63, 3.8) is 0 Å². The molecule has 0 N–H and O–H groups in total. The molecule has 3 aromatic rings. The van der Waals surface area contributed by atoms with Gasteiger partial charge < -0.3 is 18.6 Å². The van der Waals surface area contributed by atoms with Crippen molar-refractivity contribution in [2.45, 2.75) is 45.1 Å². The zero-order valence-electron chi connectivity index (χ0n) is 20.0. The number of carbonyl (C=O) groups excluding carboxylic acids is 1. The van der Waals surface area contributed by atoms with Crippen LogP contribution in [0.15, 0.2) is 63.8 Å². The fourth-order valence-corrected chi connectivity index (χ4v) is 4.31. The number of hydrogen-bond donors (Lipinski definition) is 0. The molecule has 190 valence electrons. The Bertz CT molecular complexity index is 1370. The fraction of sp³-hybridized carbons (Fsp3) is 0.333. The number of fused-ring (bicyclic) bond motifs is 1. The van der Waals surface area contributed by atoms with Crippen LogP contribution in [0.4, 0.5) is 13.2 Å². The summed E-state index contributed by atoms with van der Waals surface area (Å²) in [6.45, 7) is 7.10. The highest BCUT2D eigenvalue weighted by Crippen LogP contribution is 2.39. The van der Waals surface area contributed by atoms with Crippen molar-refractivity contribution < 1.29 is 36.6 Å². The summed E-state index contributed by atoms with van der Waals surface area (Å²) in [5, 5.41) is 0.439. The maximum atomic E-state index is 13.7. The summed E-state index contributed by atoms with van der Waals surface area (Å²) in [6, 6.07) is 9.56. The molecule has 36 heavy (non-hydrogen) atoms. The van der Waals surface area contributed by atoms with Crippen LogP contribution >= 0.6 is 0 Å². The lowest BCUT2D eigenvalue weighted by molar-refractivity contribution is -0.146. The van der Waals surface area contributed by atoms with Gasteiger partial charge in [-0.15, -0.1) is 0 Å². The number of carbonyl (C=O) groups is 1. The van der Waals surface area contributed by atoms with Gasteiger partial charge in [0.15, 0.2) is 0 Å². The van der Waals surface area contributed by atoms with Gasteiger partial charge in [0.05, 0.1) is 18.2 Å². The Kier molecular flexibility index (Phi) is 6.84. The second-order valence-corrected chi connectivity index (χ2v) is 8.87. The molecule has 0 saturated heterocycles. The topological polar surface area (TPSA) is 75.0 Å². The summed E-state index contributed by atoms with van der Waals surface area (Å²) in [7, 11) is 1.26. The van der Waals surface area contributed by atoms with Crippen LogP contribution < -0.4 is 15.1 Å². The minimum atomic E-state index is -4.70. The first-order chi connectivity index (χ1) is 17.0. The Balaban J connectivity index is 1.60. The summed E-state index contributed by atoms with van der Waals surface area (Å²) in [4.78, 5) is 24.6. The highest BCUT2D eigenvalue weighted by molar-refractivity contribution is 5.87. The van der Waals surface area contributed by atoms with Gasteiger partial charge in [-0.1, -0.05) is 13.5 Å². The molecule has 0 radical (unpaired) electrons. The van der Waals surface area contributed by atoms with E-state index in [-0.39, 0.29) is 40.6 Å². The van der Waals surface area contributed by atoms with Crippen molar-refractivity contribution >= 4 is 16.9 Å². The van der Waals surface area contributed by atoms with Crippen molar-refractivity contribution in [2.24, 2.45) is 5.92 Å². The van der Waals surface area contributed by atoms with Crippen molar-refractivity contribution in [3.05, 3.63) is 70.6 Å². The number of benzene rings is 2. The molecule has 1 aliphatic carbocycles. The van der Waals surface area contributed by atoms with Crippen LogP contribution in [-0.2, 0) is 15.7 Å². The predicted octanol–water partition coefficient (Wildman–Crippen LogP) is 6.15. The Hall–Kier alpha value is -3.75. The van der Waals surface area contributed by atoms with E-state index in [1.54, 1.807) is 19.1 Å². The SMILES string of the molecule is C=C(C)C(=O)OC1CCC(Oc2ccc3cc(-c4ccc(OC)cc4C(F)(F)F)c(=O)oc3c2)C1C. The first-order valence-corrected chi connectivity index (χ1v) is 11.3. The van der Waals surface area contributed by atoms with E-state index >= 15 is 0 Å². The third kappa shape index (κ3) is 5.10. The molecular formula is C27H25F3O6. The third-order valence-electron chi connectivity index (χ3n) is 6.33. The summed E-state index contributed by atoms with van der Waals surface area (Å²) in [6.07, 6.45) is -3.93. The number of halogens is 3. The van der Waals surface area contributed by atoms with Crippen LogP contribution in [0.1, 0.15) is 32.3 Å². The Morgan fingerprint density at radius 1 is 1.03 bits per heavy atom. The number of ether oxygens (including phenoxy) is 3. The number of methoxy groups -OCH3 is 1. The molecule has 6 nitrogen and oxygen atoms in total. The minimum absolute atomic E-state index is 0.0239. The summed E-state index contributed by atoms with van der Waals surface area (Å²) < 4.78 is 62.9. The quantitative estimate of drug-likeness (QED) is 0.229.